The number of nitrogens with zero attached hydrogens (tertiary/aromatic N) is 1. The van der Waals surface area contributed by atoms with Gasteiger partial charge in [-0.1, -0.05) is 89.9 Å². The Morgan fingerprint density at radius 2 is 1.48 bits per heavy atom. The molecule has 0 spiro atoms. The van der Waals surface area contributed by atoms with E-state index in [4.69, 9.17) is 28.2 Å². The van der Waals surface area contributed by atoms with Crippen molar-refractivity contribution in [3.8, 4) is 11.1 Å². The fourth-order valence-corrected chi connectivity index (χ4v) is 5.03. The third-order valence-corrected chi connectivity index (χ3v) is 6.84. The van der Waals surface area contributed by atoms with Crippen LogP contribution >= 0.6 is 34.5 Å². The monoisotopic (exact) mass is 462 g/mol. The second-order valence-electron chi connectivity index (χ2n) is 7.16. The molecule has 31 heavy (non-hydrogen) atoms. The summed E-state index contributed by atoms with van der Waals surface area (Å²) < 4.78 is 0. The predicted molar refractivity (Wildman–Crippen MR) is 130 cm³/mol. The van der Waals surface area contributed by atoms with Crippen LogP contribution in [-0.4, -0.2) is 9.97 Å². The number of H-pyrrole nitrogens is 1. The van der Waals surface area contributed by atoms with Gasteiger partial charge in [0.25, 0.3) is 5.56 Å². The van der Waals surface area contributed by atoms with Gasteiger partial charge >= 0.3 is 0 Å². The van der Waals surface area contributed by atoms with Gasteiger partial charge in [0.15, 0.2) is 0 Å². The first-order chi connectivity index (χ1) is 15.1. The zero-order chi connectivity index (χ0) is 21.4. The Bertz CT molecular complexity index is 1390. The zero-order valence-corrected chi connectivity index (χ0v) is 18.5. The Morgan fingerprint density at radius 1 is 0.839 bits per heavy atom. The van der Waals surface area contributed by atoms with Crippen molar-refractivity contribution in [3.63, 3.8) is 0 Å². The van der Waals surface area contributed by atoms with Crippen molar-refractivity contribution < 1.29 is 0 Å². The van der Waals surface area contributed by atoms with Gasteiger partial charge in [-0.2, -0.15) is 0 Å². The van der Waals surface area contributed by atoms with E-state index in [0.29, 0.717) is 26.1 Å². The van der Waals surface area contributed by atoms with Crippen LogP contribution in [-0.2, 0) is 0 Å². The zero-order valence-electron chi connectivity index (χ0n) is 16.2. The van der Waals surface area contributed by atoms with Crippen LogP contribution in [0.5, 0.6) is 0 Å². The molecular formula is C25H16Cl2N2OS. The third-order valence-electron chi connectivity index (χ3n) is 5.23. The number of rotatable bonds is 4. The minimum Gasteiger partial charge on any atom is -0.309 e. The number of aromatic nitrogens is 2. The first-order valence-corrected chi connectivity index (χ1v) is 11.3. The summed E-state index contributed by atoms with van der Waals surface area (Å²) in [5, 5.41) is 3.43. The van der Waals surface area contributed by atoms with Gasteiger partial charge < -0.3 is 4.98 Å². The molecule has 0 unspecified atom stereocenters. The standard InChI is InChI=1S/C25H16Cl2N2OS/c26-19-12-11-17(13-20(19)27)18-14-31-25-22(18)24(30)28-23(29-25)21(15-7-3-1-4-8-15)16-9-5-2-6-10-16/h1-14,21H,(H,28,29,30). The molecule has 3 nitrogen and oxygen atoms in total. The van der Waals surface area contributed by atoms with E-state index >= 15 is 0 Å². The van der Waals surface area contributed by atoms with Gasteiger partial charge in [-0.25, -0.2) is 4.98 Å². The van der Waals surface area contributed by atoms with E-state index in [9.17, 15) is 4.79 Å². The maximum Gasteiger partial charge on any atom is 0.260 e. The molecule has 0 saturated heterocycles. The molecule has 2 heterocycles. The van der Waals surface area contributed by atoms with E-state index in [1.54, 1.807) is 12.1 Å². The second-order valence-corrected chi connectivity index (χ2v) is 8.84. The van der Waals surface area contributed by atoms with Crippen molar-refractivity contribution in [2.45, 2.75) is 5.92 Å². The summed E-state index contributed by atoms with van der Waals surface area (Å²) in [6.07, 6.45) is 0. The summed E-state index contributed by atoms with van der Waals surface area (Å²) >= 11 is 13.7. The van der Waals surface area contributed by atoms with Gasteiger partial charge in [0.2, 0.25) is 0 Å². The second kappa shape index (κ2) is 8.31. The molecule has 0 fully saturated rings. The Kier molecular flexibility index (Phi) is 5.36. The SMILES string of the molecule is O=c1[nH]c(C(c2ccccc2)c2ccccc2)nc2scc(-c3ccc(Cl)c(Cl)c3)c12. The largest absolute Gasteiger partial charge is 0.309 e. The summed E-state index contributed by atoms with van der Waals surface area (Å²) in [5.41, 5.74) is 3.60. The van der Waals surface area contributed by atoms with Crippen LogP contribution in [0.2, 0.25) is 10.0 Å². The van der Waals surface area contributed by atoms with Crippen LogP contribution in [0.1, 0.15) is 22.9 Å². The topological polar surface area (TPSA) is 45.8 Å². The van der Waals surface area contributed by atoms with Gasteiger partial charge in [-0.05, 0) is 28.8 Å². The van der Waals surface area contributed by atoms with Crippen LogP contribution in [0.15, 0.2) is 89.0 Å². The number of fused-ring (bicyclic) bond motifs is 1. The molecule has 3 aromatic carbocycles. The van der Waals surface area contributed by atoms with Crippen LogP contribution < -0.4 is 5.56 Å². The molecule has 0 aliphatic rings. The van der Waals surface area contributed by atoms with E-state index in [1.807, 2.05) is 47.8 Å². The van der Waals surface area contributed by atoms with E-state index in [-0.39, 0.29) is 11.5 Å². The number of hydrogen-bond acceptors (Lipinski definition) is 3. The van der Waals surface area contributed by atoms with Crippen LogP contribution in [0.25, 0.3) is 21.3 Å². The fourth-order valence-electron chi connectivity index (χ4n) is 3.78. The lowest BCUT2D eigenvalue weighted by Gasteiger charge is -2.17. The van der Waals surface area contributed by atoms with Gasteiger partial charge in [0.1, 0.15) is 10.7 Å². The summed E-state index contributed by atoms with van der Waals surface area (Å²) in [6, 6.07) is 25.5. The van der Waals surface area contributed by atoms with Crippen LogP contribution in [0.3, 0.4) is 0 Å². The highest BCUT2D eigenvalue weighted by molar-refractivity contribution is 7.17. The minimum absolute atomic E-state index is 0.167. The highest BCUT2D eigenvalue weighted by Gasteiger charge is 2.22. The van der Waals surface area contributed by atoms with Crippen molar-refractivity contribution in [2.24, 2.45) is 0 Å². The Balaban J connectivity index is 1.68. The van der Waals surface area contributed by atoms with Gasteiger partial charge in [0.05, 0.1) is 21.3 Å². The number of nitrogens with one attached hydrogen (secondary N) is 1. The Morgan fingerprint density at radius 3 is 2.10 bits per heavy atom. The lowest BCUT2D eigenvalue weighted by molar-refractivity contribution is 0.860. The summed E-state index contributed by atoms with van der Waals surface area (Å²) in [6.45, 7) is 0. The van der Waals surface area contributed by atoms with Crippen molar-refractivity contribution in [1.29, 1.82) is 0 Å². The molecule has 5 rings (SSSR count). The van der Waals surface area contributed by atoms with Gasteiger partial charge in [0, 0.05) is 10.9 Å². The molecular weight excluding hydrogens is 447 g/mol. The third kappa shape index (κ3) is 3.79. The first-order valence-electron chi connectivity index (χ1n) is 9.68. The van der Waals surface area contributed by atoms with Crippen molar-refractivity contribution >= 4 is 44.8 Å². The molecule has 0 saturated carbocycles. The minimum atomic E-state index is -0.171. The summed E-state index contributed by atoms with van der Waals surface area (Å²) in [4.78, 5) is 21.8. The highest BCUT2D eigenvalue weighted by Crippen LogP contribution is 2.36. The molecule has 0 atom stereocenters. The van der Waals surface area contributed by atoms with E-state index in [1.165, 1.54) is 11.3 Å². The summed E-state index contributed by atoms with van der Waals surface area (Å²) in [7, 11) is 0. The number of benzene rings is 3. The maximum absolute atomic E-state index is 13.2. The van der Waals surface area contributed by atoms with E-state index < -0.39 is 0 Å². The smallest absolute Gasteiger partial charge is 0.260 e. The molecule has 2 aromatic heterocycles. The number of aromatic amines is 1. The molecule has 0 bridgehead atoms. The molecule has 152 valence electrons. The Labute approximate surface area is 192 Å². The molecule has 5 aromatic rings. The van der Waals surface area contributed by atoms with Gasteiger partial charge in [-0.3, -0.25) is 4.79 Å². The molecule has 0 aliphatic heterocycles. The van der Waals surface area contributed by atoms with Crippen LogP contribution in [0.4, 0.5) is 0 Å². The highest BCUT2D eigenvalue weighted by atomic mass is 35.5. The Hall–Kier alpha value is -2.92. The van der Waals surface area contributed by atoms with Crippen LogP contribution in [0, 0.1) is 0 Å². The lowest BCUT2D eigenvalue weighted by Crippen LogP contribution is -2.16. The molecule has 0 radical (unpaired) electrons. The van der Waals surface area contributed by atoms with E-state index in [0.717, 1.165) is 22.3 Å². The normalized spacial score (nSPS) is 11.3. The summed E-state index contributed by atoms with van der Waals surface area (Å²) in [5.74, 6) is 0.451. The molecule has 1 N–H and O–H groups in total. The number of thiophene rings is 1. The molecule has 6 heteroatoms. The average molecular weight is 463 g/mol. The first kappa shape index (κ1) is 20.0. The van der Waals surface area contributed by atoms with Crippen molar-refractivity contribution in [2.75, 3.05) is 0 Å². The quantitative estimate of drug-likeness (QED) is 0.308. The molecule has 0 amide bonds. The number of hydrogen-bond donors (Lipinski definition) is 1. The number of halogens is 2. The van der Waals surface area contributed by atoms with Crippen molar-refractivity contribution in [3.05, 3.63) is 122 Å². The lowest BCUT2D eigenvalue weighted by atomic mass is 9.90. The molecule has 0 aliphatic carbocycles. The fraction of sp³-hybridized carbons (Fsp3) is 0.0400. The van der Waals surface area contributed by atoms with Gasteiger partial charge in [-0.15, -0.1) is 11.3 Å². The average Bonchev–Trinajstić information content (AvgIpc) is 3.22. The predicted octanol–water partition coefficient (Wildman–Crippen LogP) is 7.14. The maximum atomic E-state index is 13.2. The van der Waals surface area contributed by atoms with Crippen molar-refractivity contribution in [1.82, 2.24) is 9.97 Å². The van der Waals surface area contributed by atoms with E-state index in [2.05, 4.69) is 29.2 Å².